The van der Waals surface area contributed by atoms with Gasteiger partial charge in [-0.15, -0.1) is 0 Å². The van der Waals surface area contributed by atoms with Gasteiger partial charge in [0.25, 0.3) is 0 Å². The molecule has 0 atom stereocenters. The molecule has 8 nitrogen and oxygen atoms in total. The van der Waals surface area contributed by atoms with Crippen molar-refractivity contribution in [2.24, 2.45) is 0 Å². The number of hydrogen-bond donors (Lipinski definition) is 4. The van der Waals surface area contributed by atoms with Gasteiger partial charge in [0.05, 0.1) is 11.1 Å². The zero-order chi connectivity index (χ0) is 27.8. The summed E-state index contributed by atoms with van der Waals surface area (Å²) in [6, 6.07) is 20.7. The summed E-state index contributed by atoms with van der Waals surface area (Å²) in [5.41, 5.74) is 5.62. The van der Waals surface area contributed by atoms with Gasteiger partial charge in [-0.3, -0.25) is 4.79 Å². The van der Waals surface area contributed by atoms with Gasteiger partial charge in [-0.05, 0) is 36.7 Å². The van der Waals surface area contributed by atoms with E-state index in [4.69, 9.17) is 9.68 Å². The third-order valence-corrected chi connectivity index (χ3v) is 6.08. The largest absolute Gasteiger partial charge is 0.569 e. The maximum Gasteiger partial charge on any atom is 0.569 e. The normalized spacial score (nSPS) is 10.6. The Morgan fingerprint density at radius 2 is 1.64 bits per heavy atom. The van der Waals surface area contributed by atoms with Gasteiger partial charge in [0, 0.05) is 34.9 Å². The van der Waals surface area contributed by atoms with Crippen LogP contribution in [0.4, 0.5) is 0 Å². The fourth-order valence-corrected chi connectivity index (χ4v) is 4.23. The Morgan fingerprint density at radius 1 is 0.923 bits per heavy atom. The summed E-state index contributed by atoms with van der Waals surface area (Å²) >= 11 is 0. The van der Waals surface area contributed by atoms with Crippen LogP contribution in [0.1, 0.15) is 23.6 Å². The molecule has 10 heteroatoms. The number of aromatic nitrogens is 2. The Labute approximate surface area is 228 Å². The lowest BCUT2D eigenvalue weighted by atomic mass is 9.79. The number of benzene rings is 2. The molecule has 0 spiro atoms. The molecule has 0 saturated carbocycles. The molecule has 0 aliphatic rings. The highest BCUT2D eigenvalue weighted by atomic mass is 16.5. The first-order valence-corrected chi connectivity index (χ1v) is 12.4. The van der Waals surface area contributed by atoms with Crippen LogP contribution in [0.3, 0.4) is 0 Å². The first-order valence-electron chi connectivity index (χ1n) is 12.4. The molecule has 2 heterocycles. The first kappa shape index (κ1) is 27.8. The van der Waals surface area contributed by atoms with Crippen LogP contribution < -0.4 is 24.6 Å². The minimum absolute atomic E-state index is 0.209. The zero-order valence-corrected chi connectivity index (χ0v) is 21.7. The second kappa shape index (κ2) is 13.0. The van der Waals surface area contributed by atoms with Gasteiger partial charge in [-0.2, -0.15) is 4.57 Å². The van der Waals surface area contributed by atoms with Crippen LogP contribution in [0.25, 0.3) is 11.1 Å². The maximum atomic E-state index is 12.1. The Hall–Kier alpha value is -4.24. The fourth-order valence-electron chi connectivity index (χ4n) is 4.23. The molecular weight excluding hydrogens is 492 g/mol. The molecule has 39 heavy (non-hydrogen) atoms. The summed E-state index contributed by atoms with van der Waals surface area (Å²) in [5, 5.41) is 31.0. The van der Waals surface area contributed by atoms with Crippen LogP contribution in [0.15, 0.2) is 104 Å². The second-order valence-corrected chi connectivity index (χ2v) is 9.32. The van der Waals surface area contributed by atoms with Crippen molar-refractivity contribution in [2.75, 3.05) is 0 Å². The lowest BCUT2D eigenvalue weighted by Gasteiger charge is -2.09. The number of nitrogens with zero attached hydrogens (tertiary/aromatic N) is 2. The predicted octanol–water partition coefficient (Wildman–Crippen LogP) is 0.803. The molecule has 0 bridgehead atoms. The van der Waals surface area contributed by atoms with Crippen LogP contribution >= 0.6 is 0 Å². The second-order valence-electron chi connectivity index (χ2n) is 9.32. The molecule has 0 unspecified atom stereocenters. The van der Waals surface area contributed by atoms with E-state index in [9.17, 15) is 14.8 Å². The molecule has 4 aromatic rings. The lowest BCUT2D eigenvalue weighted by molar-refractivity contribution is -0.689. The number of amides is 1. The van der Waals surface area contributed by atoms with Crippen LogP contribution in [0, 0.1) is 0 Å². The topological polar surface area (TPSA) is 107 Å². The molecule has 195 valence electrons. The van der Waals surface area contributed by atoms with E-state index < -0.39 is 7.12 Å². The van der Waals surface area contributed by atoms with Gasteiger partial charge < -0.3 is 25.0 Å². The third kappa shape index (κ3) is 7.87. The van der Waals surface area contributed by atoms with Crippen molar-refractivity contribution in [3.05, 3.63) is 120 Å². The number of rotatable bonds is 11. The Balaban J connectivity index is 1.65. The van der Waals surface area contributed by atoms with E-state index in [0.29, 0.717) is 44.1 Å². The minimum Gasteiger partial charge on any atom is -0.537 e. The number of carbonyl (C=O) groups excluding carboxylic acids is 1. The third-order valence-electron chi connectivity index (χ3n) is 6.08. The standard InChI is InChI=1S/C29H29B2N3O5/c1-21(2)29(35)32-15-24-12-26(20-34(18-24)17-22-6-3-9-27(13-22)31(37)38)25-8-5-11-33(19-25)16-23-7-4-10-28(14-23)39-30-36/h3-14,18-20,36-38H,1,15-17H2,2H3/q+1/p+1. The van der Waals surface area contributed by atoms with Crippen molar-refractivity contribution in [1.29, 1.82) is 0 Å². The van der Waals surface area contributed by atoms with E-state index in [0.717, 1.165) is 27.8 Å². The molecule has 4 N–H and O–H groups in total. The van der Waals surface area contributed by atoms with Crippen molar-refractivity contribution in [1.82, 2.24) is 5.32 Å². The Morgan fingerprint density at radius 3 is 2.38 bits per heavy atom. The first-order chi connectivity index (χ1) is 18.8. The number of nitrogens with one attached hydrogen (secondary N) is 1. The van der Waals surface area contributed by atoms with Gasteiger partial charge >= 0.3 is 14.8 Å². The molecule has 0 saturated heterocycles. The fraction of sp³-hybridized carbons (Fsp3) is 0.138. The highest BCUT2D eigenvalue weighted by Crippen LogP contribution is 2.18. The molecule has 1 radical (unpaired) electrons. The Bertz CT molecular complexity index is 1480. The SMILES string of the molecule is C=C(C)C(=O)NCc1cc(-c2ccc[n+](Cc3cccc(O[B]O)c3)c2)c[n+](Cc2cccc(B(O)O)c2)c1. The van der Waals surface area contributed by atoms with E-state index in [1.165, 1.54) is 0 Å². The smallest absolute Gasteiger partial charge is 0.537 e. The van der Waals surface area contributed by atoms with Crippen molar-refractivity contribution in [3.8, 4) is 16.9 Å². The van der Waals surface area contributed by atoms with E-state index in [1.54, 1.807) is 31.2 Å². The average molecular weight is 522 g/mol. The average Bonchev–Trinajstić information content (AvgIpc) is 2.92. The molecule has 1 amide bonds. The van der Waals surface area contributed by atoms with Gasteiger partial charge in [0.2, 0.25) is 5.91 Å². The van der Waals surface area contributed by atoms with Crippen molar-refractivity contribution in [3.63, 3.8) is 0 Å². The van der Waals surface area contributed by atoms with Crippen LogP contribution in [0.5, 0.6) is 5.75 Å². The lowest BCUT2D eigenvalue weighted by Crippen LogP contribution is -2.37. The van der Waals surface area contributed by atoms with E-state index in [1.807, 2.05) is 71.8 Å². The molecule has 4 rings (SSSR count). The number of pyridine rings is 2. The van der Waals surface area contributed by atoms with Crippen LogP contribution in [-0.2, 0) is 24.4 Å². The van der Waals surface area contributed by atoms with Gasteiger partial charge in [-0.1, -0.05) is 43.0 Å². The van der Waals surface area contributed by atoms with Crippen LogP contribution in [-0.4, -0.2) is 35.8 Å². The van der Waals surface area contributed by atoms with Gasteiger partial charge in [-0.25, -0.2) is 4.57 Å². The molecular formula is C29H30B2N3O5+2. The summed E-state index contributed by atoms with van der Waals surface area (Å²) in [6.45, 7) is 6.80. The van der Waals surface area contributed by atoms with Crippen molar-refractivity contribution >= 4 is 26.2 Å². The molecule has 0 aliphatic heterocycles. The molecule has 0 fully saturated rings. The summed E-state index contributed by atoms with van der Waals surface area (Å²) in [6.07, 6.45) is 8.01. The van der Waals surface area contributed by atoms with Crippen molar-refractivity contribution in [2.45, 2.75) is 26.6 Å². The monoisotopic (exact) mass is 522 g/mol. The van der Waals surface area contributed by atoms with Crippen molar-refractivity contribution < 1.29 is 33.7 Å². The minimum atomic E-state index is -1.54. The maximum absolute atomic E-state index is 12.1. The number of carbonyl (C=O) groups is 1. The van der Waals surface area contributed by atoms with Crippen LogP contribution in [0.2, 0.25) is 0 Å². The number of hydrogen-bond acceptors (Lipinski definition) is 5. The zero-order valence-electron chi connectivity index (χ0n) is 21.7. The summed E-state index contributed by atoms with van der Waals surface area (Å²) < 4.78 is 9.16. The molecule has 0 aliphatic carbocycles. The van der Waals surface area contributed by atoms with E-state index >= 15 is 0 Å². The molecule has 2 aromatic carbocycles. The highest BCUT2D eigenvalue weighted by Gasteiger charge is 2.16. The summed E-state index contributed by atoms with van der Waals surface area (Å²) in [7, 11) is -0.876. The van der Waals surface area contributed by atoms with E-state index in [-0.39, 0.29) is 5.91 Å². The predicted molar refractivity (Wildman–Crippen MR) is 148 cm³/mol. The summed E-state index contributed by atoms with van der Waals surface area (Å²) in [5.74, 6) is 0.342. The molecule has 2 aromatic heterocycles. The summed E-state index contributed by atoms with van der Waals surface area (Å²) in [4.78, 5) is 12.1. The van der Waals surface area contributed by atoms with Gasteiger partial charge in [0.15, 0.2) is 37.9 Å². The highest BCUT2D eigenvalue weighted by molar-refractivity contribution is 6.58. The Kier molecular flexibility index (Phi) is 9.27. The van der Waals surface area contributed by atoms with E-state index in [2.05, 4.69) is 16.5 Å². The quantitative estimate of drug-likeness (QED) is 0.133. The van der Waals surface area contributed by atoms with Gasteiger partial charge in [0.1, 0.15) is 5.75 Å².